The van der Waals surface area contributed by atoms with Gasteiger partial charge in [-0.15, -0.1) is 0 Å². The van der Waals surface area contributed by atoms with Crippen LogP contribution in [0.1, 0.15) is 29.0 Å². The first-order chi connectivity index (χ1) is 15.2. The van der Waals surface area contributed by atoms with Gasteiger partial charge in [0.05, 0.1) is 17.8 Å². The van der Waals surface area contributed by atoms with E-state index in [9.17, 15) is 0 Å². The van der Waals surface area contributed by atoms with Crippen LogP contribution < -0.4 is 5.32 Å². The van der Waals surface area contributed by atoms with Crippen LogP contribution in [-0.2, 0) is 6.54 Å². The quantitative estimate of drug-likeness (QED) is 0.390. The molecule has 4 heterocycles. The molecule has 1 aliphatic heterocycles. The number of aromatic nitrogens is 3. The Kier molecular flexibility index (Phi) is 5.53. The van der Waals surface area contributed by atoms with Gasteiger partial charge in [-0.05, 0) is 72.4 Å². The third kappa shape index (κ3) is 3.98. The summed E-state index contributed by atoms with van der Waals surface area (Å²) in [6.07, 6.45) is 7.56. The van der Waals surface area contributed by atoms with Crippen LogP contribution in [0.4, 0.5) is 0 Å². The minimum Gasteiger partial charge on any atom is -0.352 e. The molecular weight excluding hydrogens is 470 g/mol. The van der Waals surface area contributed by atoms with Gasteiger partial charge < -0.3 is 14.8 Å². The molecule has 0 aliphatic carbocycles. The van der Waals surface area contributed by atoms with E-state index in [4.69, 9.17) is 12.2 Å². The Labute approximate surface area is 194 Å². The second-order valence-corrected chi connectivity index (χ2v) is 8.70. The van der Waals surface area contributed by atoms with Crippen LogP contribution in [0.2, 0.25) is 0 Å². The van der Waals surface area contributed by atoms with Crippen molar-refractivity contribution >= 4 is 33.3 Å². The zero-order valence-electron chi connectivity index (χ0n) is 16.6. The summed E-state index contributed by atoms with van der Waals surface area (Å²) >= 11 is 9.40. The van der Waals surface area contributed by atoms with Crippen molar-refractivity contribution in [3.05, 3.63) is 113 Å². The zero-order chi connectivity index (χ0) is 21.2. The molecule has 4 aromatic rings. The van der Waals surface area contributed by atoms with Crippen LogP contribution in [0.3, 0.4) is 0 Å². The Morgan fingerprint density at radius 3 is 2.61 bits per heavy atom. The number of thiocarbonyl (C=S) groups is 1. The number of hydrogen-bond donors (Lipinski definition) is 1. The fourth-order valence-electron chi connectivity index (χ4n) is 4.08. The number of halogens is 1. The van der Waals surface area contributed by atoms with Gasteiger partial charge >= 0.3 is 0 Å². The van der Waals surface area contributed by atoms with Crippen molar-refractivity contribution in [1.29, 1.82) is 0 Å². The maximum absolute atomic E-state index is 5.80. The maximum atomic E-state index is 5.80. The van der Waals surface area contributed by atoms with Crippen LogP contribution in [0.15, 0.2) is 96.0 Å². The average Bonchev–Trinajstić information content (AvgIpc) is 3.40. The molecule has 0 saturated carbocycles. The standard InChI is InChI=1S/C24H20BrN5S/c25-18-5-3-6-19(15-18)29-14-4-8-21(29)23-22(20-7-1-2-11-27-20)28-24(31)30(23)16-17-9-12-26-13-10-17/h1-15,22-23H,16H2,(H,28,31)/t22-,23+/m1/s1. The minimum atomic E-state index is -0.0589. The summed E-state index contributed by atoms with van der Waals surface area (Å²) in [7, 11) is 0. The van der Waals surface area contributed by atoms with Gasteiger partial charge in [0, 0.05) is 47.2 Å². The number of nitrogens with one attached hydrogen (secondary N) is 1. The van der Waals surface area contributed by atoms with E-state index in [0.29, 0.717) is 6.54 Å². The van der Waals surface area contributed by atoms with Gasteiger partial charge in [0.2, 0.25) is 0 Å². The van der Waals surface area contributed by atoms with Gasteiger partial charge in [-0.1, -0.05) is 28.1 Å². The van der Waals surface area contributed by atoms with Crippen molar-refractivity contribution in [1.82, 2.24) is 24.8 Å². The second kappa shape index (κ2) is 8.61. The van der Waals surface area contributed by atoms with E-state index >= 15 is 0 Å². The Morgan fingerprint density at radius 2 is 1.84 bits per heavy atom. The Balaban J connectivity index is 1.61. The minimum absolute atomic E-state index is 0.0236. The van der Waals surface area contributed by atoms with Crippen LogP contribution >= 0.6 is 28.1 Å². The van der Waals surface area contributed by atoms with Crippen molar-refractivity contribution < 1.29 is 0 Å². The van der Waals surface area contributed by atoms with E-state index in [1.165, 1.54) is 0 Å². The predicted molar refractivity (Wildman–Crippen MR) is 129 cm³/mol. The van der Waals surface area contributed by atoms with E-state index in [0.717, 1.165) is 32.2 Å². The molecule has 31 heavy (non-hydrogen) atoms. The van der Waals surface area contributed by atoms with Crippen LogP contribution in [-0.4, -0.2) is 24.5 Å². The summed E-state index contributed by atoms with van der Waals surface area (Å²) in [5.74, 6) is 0. The third-order valence-corrected chi connectivity index (χ3v) is 6.32. The average molecular weight is 490 g/mol. The van der Waals surface area contributed by atoms with Gasteiger partial charge in [0.25, 0.3) is 0 Å². The van der Waals surface area contributed by atoms with Crippen LogP contribution in [0, 0.1) is 0 Å². The highest BCUT2D eigenvalue weighted by Crippen LogP contribution is 2.40. The zero-order valence-corrected chi connectivity index (χ0v) is 19.0. The smallest absolute Gasteiger partial charge is 0.170 e. The van der Waals surface area contributed by atoms with Crippen LogP contribution in [0.5, 0.6) is 0 Å². The molecule has 1 aliphatic rings. The molecule has 0 bridgehead atoms. The highest BCUT2D eigenvalue weighted by molar-refractivity contribution is 9.10. The lowest BCUT2D eigenvalue weighted by Crippen LogP contribution is -2.30. The number of hydrogen-bond acceptors (Lipinski definition) is 3. The summed E-state index contributed by atoms with van der Waals surface area (Å²) < 4.78 is 3.26. The van der Waals surface area contributed by atoms with Crippen molar-refractivity contribution in [3.8, 4) is 5.69 Å². The largest absolute Gasteiger partial charge is 0.352 e. The van der Waals surface area contributed by atoms with Gasteiger partial charge in [0.1, 0.15) is 0 Å². The van der Waals surface area contributed by atoms with E-state index in [1.807, 2.05) is 55.0 Å². The molecule has 2 atom stereocenters. The van der Waals surface area contributed by atoms with E-state index < -0.39 is 0 Å². The lowest BCUT2D eigenvalue weighted by atomic mass is 10.0. The summed E-state index contributed by atoms with van der Waals surface area (Å²) in [5, 5.41) is 4.25. The SMILES string of the molecule is S=C1N[C@H](c2ccccn2)[C@H](c2cccn2-c2cccc(Br)c2)N1Cc1ccncc1. The first kappa shape index (κ1) is 19.9. The molecule has 0 spiro atoms. The predicted octanol–water partition coefficient (Wildman–Crippen LogP) is 5.20. The molecule has 154 valence electrons. The Bertz CT molecular complexity index is 1190. The molecule has 0 unspecified atom stereocenters. The fraction of sp³-hybridized carbons (Fsp3) is 0.125. The summed E-state index contributed by atoms with van der Waals surface area (Å²) in [6, 6.07) is 22.5. The topological polar surface area (TPSA) is 46.0 Å². The molecule has 1 fully saturated rings. The van der Waals surface area contributed by atoms with Crippen molar-refractivity contribution in [2.45, 2.75) is 18.6 Å². The highest BCUT2D eigenvalue weighted by atomic mass is 79.9. The van der Waals surface area contributed by atoms with Gasteiger partial charge in [-0.3, -0.25) is 9.97 Å². The lowest BCUT2D eigenvalue weighted by Gasteiger charge is -2.29. The van der Waals surface area contributed by atoms with Gasteiger partial charge in [-0.2, -0.15) is 0 Å². The molecule has 1 N–H and O–H groups in total. The van der Waals surface area contributed by atoms with E-state index in [2.05, 4.69) is 77.2 Å². The fourth-order valence-corrected chi connectivity index (χ4v) is 4.77. The molecule has 3 aromatic heterocycles. The molecule has 5 rings (SSSR count). The molecule has 1 aromatic carbocycles. The number of pyridine rings is 2. The molecule has 1 saturated heterocycles. The summed E-state index contributed by atoms with van der Waals surface area (Å²) in [5.41, 5.74) is 4.37. The molecular formula is C24H20BrN5S. The molecule has 7 heteroatoms. The third-order valence-electron chi connectivity index (χ3n) is 5.47. The molecule has 0 amide bonds. The van der Waals surface area contributed by atoms with Crippen molar-refractivity contribution in [2.75, 3.05) is 0 Å². The van der Waals surface area contributed by atoms with E-state index in [1.54, 1.807) is 0 Å². The number of benzene rings is 1. The Hall–Kier alpha value is -3.03. The number of rotatable bonds is 5. The van der Waals surface area contributed by atoms with Gasteiger partial charge in [0.15, 0.2) is 5.11 Å². The Morgan fingerprint density at radius 1 is 0.968 bits per heavy atom. The highest BCUT2D eigenvalue weighted by Gasteiger charge is 2.41. The first-order valence-electron chi connectivity index (χ1n) is 10.0. The summed E-state index contributed by atoms with van der Waals surface area (Å²) in [6.45, 7) is 0.687. The second-order valence-electron chi connectivity index (χ2n) is 7.39. The monoisotopic (exact) mass is 489 g/mol. The lowest BCUT2D eigenvalue weighted by molar-refractivity contribution is 0.302. The maximum Gasteiger partial charge on any atom is 0.170 e. The first-order valence-corrected chi connectivity index (χ1v) is 11.2. The van der Waals surface area contributed by atoms with E-state index in [-0.39, 0.29) is 12.1 Å². The summed E-state index contributed by atoms with van der Waals surface area (Å²) in [4.78, 5) is 11.0. The molecule has 5 nitrogen and oxygen atoms in total. The van der Waals surface area contributed by atoms with Gasteiger partial charge in [-0.25, -0.2) is 0 Å². The van der Waals surface area contributed by atoms with Crippen LogP contribution in [0.25, 0.3) is 5.69 Å². The van der Waals surface area contributed by atoms with Crippen molar-refractivity contribution in [3.63, 3.8) is 0 Å². The number of nitrogens with zero attached hydrogens (tertiary/aromatic N) is 4. The van der Waals surface area contributed by atoms with Crippen molar-refractivity contribution in [2.24, 2.45) is 0 Å². The normalized spacial score (nSPS) is 18.2. The molecule has 0 radical (unpaired) electrons.